The number of benzene rings is 1. The third-order valence-electron chi connectivity index (χ3n) is 4.81. The molecule has 0 radical (unpaired) electrons. The standard InChI is InChI=1S/C21H22N6O2/c1-13-7-9-27(2)18-6-8-23-11-17(18)26-21(28)19-20(22)24-12-16(25-19)14-4-3-5-15(10-14)29-13/h3-6,8,10-13H,7,9H2,1-2H3,(H2,22,24)(H,26,28). The van der Waals surface area contributed by atoms with Gasteiger partial charge >= 0.3 is 0 Å². The molecule has 0 aliphatic carbocycles. The maximum atomic E-state index is 12.9. The molecule has 4 rings (SSSR count). The molecule has 3 aromatic rings. The van der Waals surface area contributed by atoms with Gasteiger partial charge in [-0.25, -0.2) is 9.97 Å². The van der Waals surface area contributed by atoms with Gasteiger partial charge in [0.05, 0.1) is 35.6 Å². The van der Waals surface area contributed by atoms with Crippen LogP contribution >= 0.6 is 0 Å². The van der Waals surface area contributed by atoms with Gasteiger partial charge < -0.3 is 20.7 Å². The Bertz CT molecular complexity index is 1050. The molecule has 0 spiro atoms. The van der Waals surface area contributed by atoms with Crippen LogP contribution in [0.25, 0.3) is 11.3 Å². The first-order valence-electron chi connectivity index (χ1n) is 9.37. The summed E-state index contributed by atoms with van der Waals surface area (Å²) in [5.41, 5.74) is 8.77. The number of nitrogens with one attached hydrogen (secondary N) is 1. The number of nitrogen functional groups attached to an aromatic ring is 1. The molecule has 8 nitrogen and oxygen atoms in total. The first-order valence-corrected chi connectivity index (χ1v) is 9.37. The van der Waals surface area contributed by atoms with Crippen molar-refractivity contribution in [1.82, 2.24) is 15.0 Å². The smallest absolute Gasteiger partial charge is 0.278 e. The monoisotopic (exact) mass is 390 g/mol. The highest BCUT2D eigenvalue weighted by Gasteiger charge is 2.19. The van der Waals surface area contributed by atoms with Gasteiger partial charge in [0.1, 0.15) is 5.75 Å². The van der Waals surface area contributed by atoms with E-state index in [1.54, 1.807) is 18.6 Å². The highest BCUT2D eigenvalue weighted by molar-refractivity contribution is 6.07. The Morgan fingerprint density at radius 3 is 3.00 bits per heavy atom. The lowest BCUT2D eigenvalue weighted by Gasteiger charge is -2.24. The molecule has 1 amide bonds. The van der Waals surface area contributed by atoms with Gasteiger partial charge in [0, 0.05) is 31.8 Å². The van der Waals surface area contributed by atoms with Gasteiger partial charge in [-0.05, 0) is 25.1 Å². The third-order valence-corrected chi connectivity index (χ3v) is 4.81. The van der Waals surface area contributed by atoms with Gasteiger partial charge in [-0.1, -0.05) is 12.1 Å². The van der Waals surface area contributed by atoms with Gasteiger partial charge in [-0.15, -0.1) is 0 Å². The SMILES string of the molecule is CC1CCN(C)c2ccncc2NC(=O)c2nc(cnc2N)-c2cccc(c2)O1. The minimum atomic E-state index is -0.435. The molecule has 3 heterocycles. The number of carbonyl (C=O) groups excluding carboxylic acids is 1. The van der Waals surface area contributed by atoms with E-state index in [1.807, 2.05) is 44.3 Å². The molecule has 1 aliphatic heterocycles. The molecule has 29 heavy (non-hydrogen) atoms. The summed E-state index contributed by atoms with van der Waals surface area (Å²) in [4.78, 5) is 27.7. The number of hydrogen-bond acceptors (Lipinski definition) is 7. The second kappa shape index (κ2) is 7.75. The maximum Gasteiger partial charge on any atom is 0.278 e. The van der Waals surface area contributed by atoms with Crippen LogP contribution in [0.15, 0.2) is 48.9 Å². The Morgan fingerprint density at radius 1 is 1.28 bits per heavy atom. The van der Waals surface area contributed by atoms with Crippen LogP contribution in [0.5, 0.6) is 5.75 Å². The first-order chi connectivity index (χ1) is 14.0. The van der Waals surface area contributed by atoms with Crippen LogP contribution in [0.3, 0.4) is 0 Å². The predicted molar refractivity (Wildman–Crippen MR) is 112 cm³/mol. The largest absolute Gasteiger partial charge is 0.491 e. The fourth-order valence-electron chi connectivity index (χ4n) is 3.22. The fraction of sp³-hybridized carbons (Fsp3) is 0.238. The average Bonchev–Trinajstić information content (AvgIpc) is 2.72. The molecule has 4 bridgehead atoms. The number of aromatic nitrogens is 3. The summed E-state index contributed by atoms with van der Waals surface area (Å²) in [6.45, 7) is 2.78. The second-order valence-corrected chi connectivity index (χ2v) is 7.00. The van der Waals surface area contributed by atoms with E-state index in [4.69, 9.17) is 10.5 Å². The van der Waals surface area contributed by atoms with E-state index < -0.39 is 5.91 Å². The summed E-state index contributed by atoms with van der Waals surface area (Å²) in [5.74, 6) is 0.368. The van der Waals surface area contributed by atoms with Crippen LogP contribution in [0.2, 0.25) is 0 Å². The predicted octanol–water partition coefficient (Wildman–Crippen LogP) is 2.98. The molecular formula is C21H22N6O2. The molecular weight excluding hydrogens is 368 g/mol. The summed E-state index contributed by atoms with van der Waals surface area (Å²) < 4.78 is 6.09. The van der Waals surface area contributed by atoms with Crippen molar-refractivity contribution < 1.29 is 9.53 Å². The van der Waals surface area contributed by atoms with Crippen molar-refractivity contribution in [3.8, 4) is 17.0 Å². The fourth-order valence-corrected chi connectivity index (χ4v) is 3.22. The van der Waals surface area contributed by atoms with Crippen molar-refractivity contribution in [2.24, 2.45) is 0 Å². The Hall–Kier alpha value is -3.68. The molecule has 1 atom stereocenters. The van der Waals surface area contributed by atoms with E-state index in [0.29, 0.717) is 11.4 Å². The molecule has 3 N–H and O–H groups in total. The summed E-state index contributed by atoms with van der Waals surface area (Å²) in [6.07, 6.45) is 5.66. The van der Waals surface area contributed by atoms with Crippen molar-refractivity contribution in [2.45, 2.75) is 19.4 Å². The van der Waals surface area contributed by atoms with E-state index in [-0.39, 0.29) is 17.6 Å². The number of carbonyl (C=O) groups is 1. The quantitative estimate of drug-likeness (QED) is 0.608. The van der Waals surface area contributed by atoms with Crippen molar-refractivity contribution in [3.05, 3.63) is 54.6 Å². The summed E-state index contributed by atoms with van der Waals surface area (Å²) in [7, 11) is 1.96. The van der Waals surface area contributed by atoms with Gasteiger partial charge in [0.15, 0.2) is 11.5 Å². The van der Waals surface area contributed by atoms with Crippen LogP contribution in [0.1, 0.15) is 23.8 Å². The van der Waals surface area contributed by atoms with E-state index in [9.17, 15) is 4.79 Å². The average molecular weight is 390 g/mol. The van der Waals surface area contributed by atoms with Crippen LogP contribution in [0.4, 0.5) is 17.2 Å². The number of fused-ring (bicyclic) bond motifs is 6. The van der Waals surface area contributed by atoms with Gasteiger partial charge in [0.2, 0.25) is 0 Å². The number of nitrogens with two attached hydrogens (primary N) is 1. The summed E-state index contributed by atoms with van der Waals surface area (Å²) in [5, 5.41) is 2.87. The van der Waals surface area contributed by atoms with Crippen LogP contribution < -0.4 is 20.7 Å². The number of anilines is 3. The lowest BCUT2D eigenvalue weighted by Crippen LogP contribution is -2.26. The van der Waals surface area contributed by atoms with Crippen LogP contribution in [-0.2, 0) is 0 Å². The zero-order chi connectivity index (χ0) is 20.4. The molecule has 148 valence electrons. The molecule has 1 unspecified atom stereocenters. The minimum absolute atomic E-state index is 0.00534. The van der Waals surface area contributed by atoms with Crippen molar-refractivity contribution in [1.29, 1.82) is 0 Å². The maximum absolute atomic E-state index is 12.9. The highest BCUT2D eigenvalue weighted by atomic mass is 16.5. The van der Waals surface area contributed by atoms with Crippen molar-refractivity contribution >= 4 is 23.1 Å². The first kappa shape index (κ1) is 18.7. The molecule has 0 fully saturated rings. The molecule has 8 heteroatoms. The van der Waals surface area contributed by atoms with Crippen LogP contribution in [0, 0.1) is 0 Å². The summed E-state index contributed by atoms with van der Waals surface area (Å²) >= 11 is 0. The van der Waals surface area contributed by atoms with Gasteiger partial charge in [0.25, 0.3) is 5.91 Å². The second-order valence-electron chi connectivity index (χ2n) is 7.00. The van der Waals surface area contributed by atoms with E-state index >= 15 is 0 Å². The normalized spacial score (nSPS) is 16.7. The zero-order valence-electron chi connectivity index (χ0n) is 16.3. The lowest BCUT2D eigenvalue weighted by molar-refractivity contribution is 0.102. The highest BCUT2D eigenvalue weighted by Crippen LogP contribution is 2.27. The van der Waals surface area contributed by atoms with E-state index in [2.05, 4.69) is 25.2 Å². The zero-order valence-corrected chi connectivity index (χ0v) is 16.3. The van der Waals surface area contributed by atoms with Crippen molar-refractivity contribution in [3.63, 3.8) is 0 Å². The molecule has 0 saturated heterocycles. The number of pyridine rings is 1. The summed E-state index contributed by atoms with van der Waals surface area (Å²) in [6, 6.07) is 9.43. The molecule has 2 aromatic heterocycles. The number of amides is 1. The Balaban J connectivity index is 1.81. The molecule has 0 saturated carbocycles. The number of rotatable bonds is 0. The molecule has 1 aliphatic rings. The topological polar surface area (TPSA) is 106 Å². The third kappa shape index (κ3) is 3.96. The molecule has 1 aromatic carbocycles. The number of nitrogens with zero attached hydrogens (tertiary/aromatic N) is 4. The number of hydrogen-bond donors (Lipinski definition) is 2. The van der Waals surface area contributed by atoms with Crippen molar-refractivity contribution in [2.75, 3.05) is 29.5 Å². The van der Waals surface area contributed by atoms with Crippen LogP contribution in [-0.4, -0.2) is 40.6 Å². The number of ether oxygens (including phenoxy) is 1. The minimum Gasteiger partial charge on any atom is -0.491 e. The van der Waals surface area contributed by atoms with E-state index in [0.717, 1.165) is 30.0 Å². The Morgan fingerprint density at radius 2 is 2.14 bits per heavy atom. The lowest BCUT2D eigenvalue weighted by atomic mass is 10.1. The van der Waals surface area contributed by atoms with Gasteiger partial charge in [-0.2, -0.15) is 0 Å². The van der Waals surface area contributed by atoms with Gasteiger partial charge in [-0.3, -0.25) is 9.78 Å². The Labute approximate surface area is 168 Å². The van der Waals surface area contributed by atoms with E-state index in [1.165, 1.54) is 0 Å². The Kier molecular flexibility index (Phi) is 4.99.